The third-order valence-electron chi connectivity index (χ3n) is 2.66. The highest BCUT2D eigenvalue weighted by atomic mass is 19.1. The SMILES string of the molecule is CNC(=O)c1cc(C#Cc2cncc(C#N)c2)ccc1F. The first-order valence-electron chi connectivity index (χ1n) is 6.03. The van der Waals surface area contributed by atoms with Crippen molar-refractivity contribution in [1.82, 2.24) is 10.3 Å². The maximum absolute atomic E-state index is 13.5. The maximum Gasteiger partial charge on any atom is 0.254 e. The van der Waals surface area contributed by atoms with E-state index >= 15 is 0 Å². The Morgan fingerprint density at radius 1 is 1.19 bits per heavy atom. The van der Waals surface area contributed by atoms with E-state index in [2.05, 4.69) is 22.1 Å². The molecule has 0 saturated carbocycles. The number of amides is 1. The van der Waals surface area contributed by atoms with Crippen LogP contribution in [-0.4, -0.2) is 17.9 Å². The summed E-state index contributed by atoms with van der Waals surface area (Å²) in [7, 11) is 1.43. The predicted molar refractivity (Wildman–Crippen MR) is 74.7 cm³/mol. The Morgan fingerprint density at radius 2 is 1.90 bits per heavy atom. The normalized spacial score (nSPS) is 9.19. The maximum atomic E-state index is 13.5. The summed E-state index contributed by atoms with van der Waals surface area (Å²) < 4.78 is 13.5. The molecule has 1 amide bonds. The van der Waals surface area contributed by atoms with Crippen molar-refractivity contribution >= 4 is 5.91 Å². The minimum absolute atomic E-state index is 0.0619. The molecule has 0 aliphatic rings. The monoisotopic (exact) mass is 279 g/mol. The first-order valence-corrected chi connectivity index (χ1v) is 6.03. The van der Waals surface area contributed by atoms with Gasteiger partial charge in [0.25, 0.3) is 5.91 Å². The lowest BCUT2D eigenvalue weighted by Crippen LogP contribution is -2.19. The molecule has 4 nitrogen and oxygen atoms in total. The van der Waals surface area contributed by atoms with E-state index < -0.39 is 11.7 Å². The molecule has 102 valence electrons. The van der Waals surface area contributed by atoms with E-state index in [1.165, 1.54) is 37.6 Å². The summed E-state index contributed by atoms with van der Waals surface area (Å²) in [6.07, 6.45) is 2.96. The van der Waals surface area contributed by atoms with Gasteiger partial charge in [0, 0.05) is 30.6 Å². The van der Waals surface area contributed by atoms with Gasteiger partial charge in [0.1, 0.15) is 11.9 Å². The van der Waals surface area contributed by atoms with Crippen molar-refractivity contribution in [2.75, 3.05) is 7.05 Å². The molecule has 0 atom stereocenters. The second-order valence-electron chi connectivity index (χ2n) is 4.10. The zero-order chi connectivity index (χ0) is 15.2. The summed E-state index contributed by atoms with van der Waals surface area (Å²) in [4.78, 5) is 15.4. The molecule has 0 radical (unpaired) electrons. The number of carbonyl (C=O) groups is 1. The molecule has 0 saturated heterocycles. The molecule has 5 heteroatoms. The van der Waals surface area contributed by atoms with Crippen LogP contribution in [0.15, 0.2) is 36.7 Å². The molecular weight excluding hydrogens is 269 g/mol. The van der Waals surface area contributed by atoms with Crippen LogP contribution < -0.4 is 5.32 Å². The fourth-order valence-electron chi connectivity index (χ4n) is 1.63. The molecule has 1 aromatic carbocycles. The van der Waals surface area contributed by atoms with Gasteiger partial charge in [0.2, 0.25) is 0 Å². The molecule has 1 aromatic heterocycles. The van der Waals surface area contributed by atoms with E-state index in [1.54, 1.807) is 6.07 Å². The van der Waals surface area contributed by atoms with E-state index in [4.69, 9.17) is 5.26 Å². The van der Waals surface area contributed by atoms with Crippen molar-refractivity contribution in [2.45, 2.75) is 0 Å². The second-order valence-corrected chi connectivity index (χ2v) is 4.10. The third-order valence-corrected chi connectivity index (χ3v) is 2.66. The minimum atomic E-state index is -0.604. The number of nitrogens with zero attached hydrogens (tertiary/aromatic N) is 2. The van der Waals surface area contributed by atoms with E-state index in [0.717, 1.165) is 0 Å². The Balaban J connectivity index is 2.35. The quantitative estimate of drug-likeness (QED) is 0.810. The van der Waals surface area contributed by atoms with Crippen LogP contribution in [0.25, 0.3) is 0 Å². The second kappa shape index (κ2) is 6.31. The Labute approximate surface area is 121 Å². The molecule has 0 fully saturated rings. The van der Waals surface area contributed by atoms with Crippen molar-refractivity contribution in [2.24, 2.45) is 0 Å². The van der Waals surface area contributed by atoms with Crippen LogP contribution in [0.2, 0.25) is 0 Å². The van der Waals surface area contributed by atoms with Crippen LogP contribution in [0, 0.1) is 29.0 Å². The Morgan fingerprint density at radius 3 is 2.62 bits per heavy atom. The van der Waals surface area contributed by atoms with E-state index in [9.17, 15) is 9.18 Å². The number of benzene rings is 1. The molecule has 0 unspecified atom stereocenters. The highest BCUT2D eigenvalue weighted by Gasteiger charge is 2.09. The van der Waals surface area contributed by atoms with Gasteiger partial charge < -0.3 is 5.32 Å². The van der Waals surface area contributed by atoms with Gasteiger partial charge in [0.05, 0.1) is 11.1 Å². The van der Waals surface area contributed by atoms with Crippen molar-refractivity contribution in [1.29, 1.82) is 5.26 Å². The number of carbonyl (C=O) groups excluding carboxylic acids is 1. The number of hydrogen-bond acceptors (Lipinski definition) is 3. The van der Waals surface area contributed by atoms with Crippen molar-refractivity contribution in [3.8, 4) is 17.9 Å². The molecule has 0 spiro atoms. The molecule has 0 bridgehead atoms. The summed E-state index contributed by atoms with van der Waals surface area (Å²) in [5.41, 5.74) is 1.41. The van der Waals surface area contributed by atoms with Crippen LogP contribution in [0.5, 0.6) is 0 Å². The van der Waals surface area contributed by atoms with Crippen LogP contribution in [-0.2, 0) is 0 Å². The number of rotatable bonds is 1. The number of pyridine rings is 1. The summed E-state index contributed by atoms with van der Waals surface area (Å²) in [6.45, 7) is 0. The molecule has 2 aromatic rings. The van der Waals surface area contributed by atoms with Gasteiger partial charge in [-0.15, -0.1) is 0 Å². The fourth-order valence-corrected chi connectivity index (χ4v) is 1.63. The lowest BCUT2D eigenvalue weighted by molar-refractivity contribution is 0.0959. The molecule has 0 aliphatic carbocycles. The van der Waals surface area contributed by atoms with Crippen molar-refractivity contribution < 1.29 is 9.18 Å². The zero-order valence-electron chi connectivity index (χ0n) is 11.1. The lowest BCUT2D eigenvalue weighted by atomic mass is 10.1. The Kier molecular flexibility index (Phi) is 4.28. The number of hydrogen-bond donors (Lipinski definition) is 1. The topological polar surface area (TPSA) is 65.8 Å². The lowest BCUT2D eigenvalue weighted by Gasteiger charge is -2.01. The number of nitrogens with one attached hydrogen (secondary N) is 1. The largest absolute Gasteiger partial charge is 0.355 e. The number of nitriles is 1. The standard InChI is InChI=1S/C16H10FN3O/c1-19-16(21)14-7-11(4-5-15(14)17)2-3-12-6-13(8-18)10-20-9-12/h4-7,9-10H,1H3,(H,19,21). The third kappa shape index (κ3) is 3.43. The highest BCUT2D eigenvalue weighted by molar-refractivity contribution is 5.94. The van der Waals surface area contributed by atoms with Gasteiger partial charge in [-0.1, -0.05) is 11.8 Å². The summed E-state index contributed by atoms with van der Waals surface area (Å²) >= 11 is 0. The molecule has 1 N–H and O–H groups in total. The van der Waals surface area contributed by atoms with Gasteiger partial charge in [-0.3, -0.25) is 9.78 Å². The molecule has 21 heavy (non-hydrogen) atoms. The van der Waals surface area contributed by atoms with E-state index in [1.807, 2.05) is 6.07 Å². The fraction of sp³-hybridized carbons (Fsp3) is 0.0625. The average Bonchev–Trinajstić information content (AvgIpc) is 2.53. The van der Waals surface area contributed by atoms with Gasteiger partial charge >= 0.3 is 0 Å². The van der Waals surface area contributed by atoms with Gasteiger partial charge in [-0.25, -0.2) is 4.39 Å². The van der Waals surface area contributed by atoms with Gasteiger partial charge in [-0.05, 0) is 24.3 Å². The molecule has 0 aliphatic heterocycles. The summed E-state index contributed by atoms with van der Waals surface area (Å²) in [5, 5.41) is 11.1. The average molecular weight is 279 g/mol. The van der Waals surface area contributed by atoms with Crippen molar-refractivity contribution in [3.63, 3.8) is 0 Å². The Hall–Kier alpha value is -3.18. The Bertz CT molecular complexity index is 797. The number of halogens is 1. The highest BCUT2D eigenvalue weighted by Crippen LogP contribution is 2.10. The zero-order valence-corrected chi connectivity index (χ0v) is 11.1. The van der Waals surface area contributed by atoms with Crippen LogP contribution >= 0.6 is 0 Å². The van der Waals surface area contributed by atoms with E-state index in [0.29, 0.717) is 16.7 Å². The molecular formula is C16H10FN3O. The van der Waals surface area contributed by atoms with Crippen molar-refractivity contribution in [3.05, 3.63) is 64.7 Å². The first-order chi connectivity index (χ1) is 10.1. The summed E-state index contributed by atoms with van der Waals surface area (Å²) in [5.74, 6) is 4.52. The smallest absolute Gasteiger partial charge is 0.254 e. The van der Waals surface area contributed by atoms with Gasteiger partial charge in [0.15, 0.2) is 0 Å². The predicted octanol–water partition coefficient (Wildman–Crippen LogP) is 1.85. The van der Waals surface area contributed by atoms with E-state index in [-0.39, 0.29) is 5.56 Å². The van der Waals surface area contributed by atoms with Crippen LogP contribution in [0.4, 0.5) is 4.39 Å². The first kappa shape index (κ1) is 14.2. The van der Waals surface area contributed by atoms with Gasteiger partial charge in [-0.2, -0.15) is 5.26 Å². The number of aromatic nitrogens is 1. The van der Waals surface area contributed by atoms with Crippen LogP contribution in [0.3, 0.4) is 0 Å². The molecule has 1 heterocycles. The minimum Gasteiger partial charge on any atom is -0.355 e. The molecule has 2 rings (SSSR count). The summed E-state index contributed by atoms with van der Waals surface area (Å²) in [6, 6.07) is 7.63. The van der Waals surface area contributed by atoms with Crippen LogP contribution in [0.1, 0.15) is 27.0 Å².